The second kappa shape index (κ2) is 13.3. The normalized spacial score (nSPS) is 14.7. The van der Waals surface area contributed by atoms with Gasteiger partial charge in [-0.25, -0.2) is 12.8 Å². The Kier molecular flexibility index (Phi) is 10.0. The number of anilines is 1. The predicted octanol–water partition coefficient (Wildman–Crippen LogP) is 6.17. The van der Waals surface area contributed by atoms with Gasteiger partial charge in [0, 0.05) is 18.2 Å². The molecule has 1 atom stereocenters. The molecule has 0 aliphatic heterocycles. The van der Waals surface area contributed by atoms with E-state index >= 15 is 0 Å². The molecular formula is C30H30ClF4N3O4S. The van der Waals surface area contributed by atoms with E-state index in [1.54, 1.807) is 12.1 Å². The molecule has 0 bridgehead atoms. The maximum atomic E-state index is 14.7. The van der Waals surface area contributed by atoms with Crippen molar-refractivity contribution in [2.45, 2.75) is 62.3 Å². The molecule has 0 radical (unpaired) electrons. The van der Waals surface area contributed by atoms with Gasteiger partial charge in [-0.05, 0) is 56.2 Å². The van der Waals surface area contributed by atoms with Gasteiger partial charge < -0.3 is 10.2 Å². The van der Waals surface area contributed by atoms with Crippen molar-refractivity contribution in [2.75, 3.05) is 10.8 Å². The van der Waals surface area contributed by atoms with E-state index in [0.29, 0.717) is 10.4 Å². The Morgan fingerprint density at radius 1 is 1.00 bits per heavy atom. The third-order valence-electron chi connectivity index (χ3n) is 7.32. The summed E-state index contributed by atoms with van der Waals surface area (Å²) in [5, 5.41) is 2.23. The first kappa shape index (κ1) is 32.3. The van der Waals surface area contributed by atoms with Crippen LogP contribution in [-0.2, 0) is 32.3 Å². The number of carbonyl (C=O) groups is 2. The van der Waals surface area contributed by atoms with Gasteiger partial charge in [0.2, 0.25) is 11.8 Å². The fourth-order valence-electron chi connectivity index (χ4n) is 4.92. The molecule has 43 heavy (non-hydrogen) atoms. The highest BCUT2D eigenvalue weighted by Gasteiger charge is 2.37. The lowest BCUT2D eigenvalue weighted by Crippen LogP contribution is -2.52. The van der Waals surface area contributed by atoms with E-state index < -0.39 is 69.2 Å². The van der Waals surface area contributed by atoms with Crippen LogP contribution >= 0.6 is 11.6 Å². The number of carbonyl (C=O) groups excluding carboxylic acids is 2. The number of halogens is 5. The molecule has 3 aromatic rings. The van der Waals surface area contributed by atoms with Crippen molar-refractivity contribution < 1.29 is 35.6 Å². The van der Waals surface area contributed by atoms with Crippen LogP contribution in [0.4, 0.5) is 23.2 Å². The highest BCUT2D eigenvalue weighted by molar-refractivity contribution is 7.92. The molecule has 1 saturated carbocycles. The number of amides is 2. The number of nitrogens with zero attached hydrogens (tertiary/aromatic N) is 2. The number of sulfonamides is 1. The van der Waals surface area contributed by atoms with Crippen molar-refractivity contribution >= 4 is 39.1 Å². The lowest BCUT2D eigenvalue weighted by atomic mass is 10.1. The molecule has 0 saturated heterocycles. The van der Waals surface area contributed by atoms with Crippen LogP contribution in [-0.4, -0.2) is 43.8 Å². The highest BCUT2D eigenvalue weighted by atomic mass is 35.5. The molecular weight excluding hydrogens is 610 g/mol. The quantitative estimate of drug-likeness (QED) is 0.269. The minimum Gasteiger partial charge on any atom is -0.352 e. The summed E-state index contributed by atoms with van der Waals surface area (Å²) in [5.74, 6) is -2.09. The molecule has 1 aliphatic carbocycles. The fraction of sp³-hybridized carbons (Fsp3) is 0.333. The zero-order valence-electron chi connectivity index (χ0n) is 23.2. The van der Waals surface area contributed by atoms with Crippen LogP contribution in [0.15, 0.2) is 77.7 Å². The maximum absolute atomic E-state index is 14.7. The first-order valence-corrected chi connectivity index (χ1v) is 15.4. The van der Waals surface area contributed by atoms with Gasteiger partial charge in [0.1, 0.15) is 18.4 Å². The molecule has 0 aromatic heterocycles. The molecule has 7 nitrogen and oxygen atoms in total. The Morgan fingerprint density at radius 3 is 2.26 bits per heavy atom. The van der Waals surface area contributed by atoms with Crippen molar-refractivity contribution in [1.29, 1.82) is 0 Å². The zero-order chi connectivity index (χ0) is 31.4. The molecule has 2 amide bonds. The average molecular weight is 640 g/mol. The van der Waals surface area contributed by atoms with Gasteiger partial charge in [-0.1, -0.05) is 60.8 Å². The van der Waals surface area contributed by atoms with Crippen LogP contribution in [0.3, 0.4) is 0 Å². The summed E-state index contributed by atoms with van der Waals surface area (Å²) in [6, 6.07) is 13.7. The third kappa shape index (κ3) is 7.66. The maximum Gasteiger partial charge on any atom is 0.417 e. The Balaban J connectivity index is 1.75. The van der Waals surface area contributed by atoms with Gasteiger partial charge in [-0.15, -0.1) is 0 Å². The molecule has 4 rings (SSSR count). The van der Waals surface area contributed by atoms with E-state index in [-0.39, 0.29) is 16.5 Å². The van der Waals surface area contributed by atoms with Crippen LogP contribution in [0, 0.1) is 5.82 Å². The summed E-state index contributed by atoms with van der Waals surface area (Å²) < 4.78 is 84.0. The summed E-state index contributed by atoms with van der Waals surface area (Å²) >= 11 is 5.78. The van der Waals surface area contributed by atoms with E-state index in [1.807, 2.05) is 0 Å². The van der Waals surface area contributed by atoms with Crippen molar-refractivity contribution in [3.8, 4) is 0 Å². The van der Waals surface area contributed by atoms with Gasteiger partial charge >= 0.3 is 6.18 Å². The summed E-state index contributed by atoms with van der Waals surface area (Å²) in [6.07, 6.45) is -1.51. The molecule has 13 heteroatoms. The van der Waals surface area contributed by atoms with Crippen molar-refractivity contribution in [1.82, 2.24) is 10.2 Å². The zero-order valence-corrected chi connectivity index (χ0v) is 24.7. The Bertz CT molecular complexity index is 1570. The minimum atomic E-state index is -4.91. The van der Waals surface area contributed by atoms with Crippen molar-refractivity contribution in [2.24, 2.45) is 0 Å². The minimum absolute atomic E-state index is 0.0692. The van der Waals surface area contributed by atoms with Gasteiger partial charge in [-0.2, -0.15) is 13.2 Å². The number of benzene rings is 3. The topological polar surface area (TPSA) is 86.8 Å². The van der Waals surface area contributed by atoms with Gasteiger partial charge in [-0.3, -0.25) is 13.9 Å². The van der Waals surface area contributed by atoms with Crippen LogP contribution in [0.2, 0.25) is 5.02 Å². The first-order valence-electron chi connectivity index (χ1n) is 13.6. The Hall–Kier alpha value is -3.64. The Labute approximate surface area is 252 Å². The first-order chi connectivity index (χ1) is 20.3. The fourth-order valence-corrected chi connectivity index (χ4v) is 6.57. The largest absolute Gasteiger partial charge is 0.417 e. The molecule has 0 spiro atoms. The summed E-state index contributed by atoms with van der Waals surface area (Å²) in [5.41, 5.74) is -1.69. The monoisotopic (exact) mass is 639 g/mol. The summed E-state index contributed by atoms with van der Waals surface area (Å²) in [6.45, 7) is 0.0627. The predicted molar refractivity (Wildman–Crippen MR) is 154 cm³/mol. The van der Waals surface area contributed by atoms with E-state index in [4.69, 9.17) is 11.6 Å². The molecule has 1 aliphatic rings. The second-order valence-corrected chi connectivity index (χ2v) is 12.5. The molecule has 1 fully saturated rings. The lowest BCUT2D eigenvalue weighted by Gasteiger charge is -2.32. The van der Waals surface area contributed by atoms with Crippen LogP contribution < -0.4 is 9.62 Å². The summed E-state index contributed by atoms with van der Waals surface area (Å²) in [7, 11) is -4.60. The number of rotatable bonds is 10. The average Bonchev–Trinajstić information content (AvgIpc) is 3.48. The van der Waals surface area contributed by atoms with E-state index in [0.717, 1.165) is 42.7 Å². The molecule has 0 heterocycles. The van der Waals surface area contributed by atoms with Crippen LogP contribution in [0.5, 0.6) is 0 Å². The van der Waals surface area contributed by atoms with Gasteiger partial charge in [0.15, 0.2) is 0 Å². The molecule has 1 N–H and O–H groups in total. The van der Waals surface area contributed by atoms with Crippen molar-refractivity contribution in [3.63, 3.8) is 0 Å². The van der Waals surface area contributed by atoms with E-state index in [9.17, 15) is 35.6 Å². The number of alkyl halides is 3. The number of hydrogen-bond acceptors (Lipinski definition) is 4. The Morgan fingerprint density at radius 2 is 1.63 bits per heavy atom. The van der Waals surface area contributed by atoms with Gasteiger partial charge in [0.25, 0.3) is 10.0 Å². The van der Waals surface area contributed by atoms with Crippen LogP contribution in [0.1, 0.15) is 43.7 Å². The highest BCUT2D eigenvalue weighted by Crippen LogP contribution is 2.38. The SMILES string of the molecule is CC(C(=O)NC1CCCC1)N(Cc1ccccc1F)C(=O)CN(c1ccc(Cl)c(C(F)(F)F)c1)S(=O)(=O)c1ccccc1. The van der Waals surface area contributed by atoms with Crippen molar-refractivity contribution in [3.05, 3.63) is 94.8 Å². The molecule has 230 valence electrons. The van der Waals surface area contributed by atoms with Gasteiger partial charge in [0.05, 0.1) is 21.2 Å². The van der Waals surface area contributed by atoms with E-state index in [1.165, 1.54) is 49.4 Å². The standard InChI is InChI=1S/C30H30ClF4N3O4S/c1-20(29(40)36-22-10-6-7-11-22)37(18-21-9-5-8-14-27(21)32)28(39)19-38(43(41,42)24-12-3-2-4-13-24)23-15-16-26(31)25(17-23)30(33,34)35/h2-5,8-9,12-17,20,22H,6-7,10-11,18-19H2,1H3,(H,36,40). The number of hydrogen-bond donors (Lipinski definition) is 1. The number of nitrogens with one attached hydrogen (secondary N) is 1. The van der Waals surface area contributed by atoms with E-state index in [2.05, 4.69) is 5.32 Å². The lowest BCUT2D eigenvalue weighted by molar-refractivity contribution is -0.139. The van der Waals surface area contributed by atoms with Crippen LogP contribution in [0.25, 0.3) is 0 Å². The third-order valence-corrected chi connectivity index (χ3v) is 9.44. The smallest absolute Gasteiger partial charge is 0.352 e. The molecule has 3 aromatic carbocycles. The summed E-state index contributed by atoms with van der Waals surface area (Å²) in [4.78, 5) is 27.9. The second-order valence-electron chi connectivity index (χ2n) is 10.3. The molecule has 1 unspecified atom stereocenters.